The fourth-order valence-corrected chi connectivity index (χ4v) is 3.27. The van der Waals surface area contributed by atoms with Crippen molar-refractivity contribution in [1.29, 1.82) is 0 Å². The first-order chi connectivity index (χ1) is 14.7. The van der Waals surface area contributed by atoms with Crippen LogP contribution in [0.5, 0.6) is 0 Å². The zero-order chi connectivity index (χ0) is 23.3. The molecule has 1 atom stereocenters. The Hall–Kier alpha value is -2.08. The molecule has 0 aliphatic carbocycles. The van der Waals surface area contributed by atoms with Gasteiger partial charge in [0.2, 0.25) is 0 Å². The Bertz CT molecular complexity index is 651. The fraction of sp³-hybridized carbons (Fsp3) is 0.680. The maximum atomic E-state index is 12.6. The van der Waals surface area contributed by atoms with Crippen LogP contribution in [0.3, 0.4) is 0 Å². The van der Waals surface area contributed by atoms with E-state index in [0.717, 1.165) is 30.4 Å². The van der Waals surface area contributed by atoms with Crippen LogP contribution in [0.15, 0.2) is 24.3 Å². The van der Waals surface area contributed by atoms with Crippen molar-refractivity contribution in [1.82, 2.24) is 4.90 Å². The maximum Gasteiger partial charge on any atom is 0.410 e. The third-order valence-corrected chi connectivity index (χ3v) is 4.94. The normalized spacial score (nSPS) is 12.4. The summed E-state index contributed by atoms with van der Waals surface area (Å²) in [5, 5.41) is 9.24. The molecule has 0 bridgehead atoms. The largest absolute Gasteiger partial charge is 0.479 e. The maximum absolute atomic E-state index is 12.6. The Balaban J connectivity index is 2.66. The lowest BCUT2D eigenvalue weighted by Crippen LogP contribution is -2.38. The quantitative estimate of drug-likeness (QED) is 0.392. The lowest BCUT2D eigenvalue weighted by molar-refractivity contribution is -0.149. The number of unbranched alkanes of at least 4 members (excludes halogenated alkanes) is 4. The molecule has 6 nitrogen and oxygen atoms in total. The zero-order valence-electron chi connectivity index (χ0n) is 20.0. The van der Waals surface area contributed by atoms with Crippen LogP contribution in [-0.4, -0.2) is 53.5 Å². The molecule has 1 amide bonds. The van der Waals surface area contributed by atoms with Crippen LogP contribution in [0.25, 0.3) is 0 Å². The number of carboxylic acid groups (broad SMARTS) is 1. The Morgan fingerprint density at radius 3 is 2.13 bits per heavy atom. The molecule has 0 spiro atoms. The summed E-state index contributed by atoms with van der Waals surface area (Å²) in [5.41, 5.74) is 1.51. The lowest BCUT2D eigenvalue weighted by atomic mass is 10.0. The number of rotatable bonds is 14. The van der Waals surface area contributed by atoms with Gasteiger partial charge < -0.3 is 19.5 Å². The second-order valence-electron chi connectivity index (χ2n) is 8.93. The molecule has 1 aromatic rings. The van der Waals surface area contributed by atoms with Crippen LogP contribution < -0.4 is 0 Å². The minimum absolute atomic E-state index is 0.263. The van der Waals surface area contributed by atoms with Crippen LogP contribution in [-0.2, 0) is 27.1 Å². The van der Waals surface area contributed by atoms with Crippen molar-refractivity contribution in [3.05, 3.63) is 35.4 Å². The summed E-state index contributed by atoms with van der Waals surface area (Å²) < 4.78 is 10.9. The Kier molecular flexibility index (Phi) is 12.2. The molecule has 0 aromatic heterocycles. The SMILES string of the molecule is CCCCCCCN(CCc1ccc(CC(OCC)C(=O)O)cc1)C(=O)OC(C)(C)C. The molecule has 0 heterocycles. The van der Waals surface area contributed by atoms with E-state index in [4.69, 9.17) is 9.47 Å². The van der Waals surface area contributed by atoms with E-state index in [1.165, 1.54) is 19.3 Å². The summed E-state index contributed by atoms with van der Waals surface area (Å²) in [6.07, 6.45) is 5.69. The number of ether oxygens (including phenoxy) is 2. The van der Waals surface area contributed by atoms with E-state index in [2.05, 4.69) is 6.92 Å². The van der Waals surface area contributed by atoms with Crippen LogP contribution in [0.1, 0.15) is 77.8 Å². The summed E-state index contributed by atoms with van der Waals surface area (Å²) in [6.45, 7) is 11.3. The monoisotopic (exact) mass is 435 g/mol. The van der Waals surface area contributed by atoms with E-state index >= 15 is 0 Å². The first-order valence-electron chi connectivity index (χ1n) is 11.6. The highest BCUT2D eigenvalue weighted by molar-refractivity contribution is 5.72. The van der Waals surface area contributed by atoms with E-state index in [0.29, 0.717) is 26.1 Å². The van der Waals surface area contributed by atoms with Gasteiger partial charge in [0.1, 0.15) is 5.60 Å². The molecule has 176 valence electrons. The molecule has 0 aliphatic heterocycles. The van der Waals surface area contributed by atoms with E-state index in [1.54, 1.807) is 11.8 Å². The van der Waals surface area contributed by atoms with Gasteiger partial charge in [0.25, 0.3) is 0 Å². The molecule has 1 N–H and O–H groups in total. The van der Waals surface area contributed by atoms with Crippen molar-refractivity contribution in [2.75, 3.05) is 19.7 Å². The molecule has 31 heavy (non-hydrogen) atoms. The van der Waals surface area contributed by atoms with E-state index in [-0.39, 0.29) is 6.09 Å². The molecule has 0 saturated carbocycles. The summed E-state index contributed by atoms with van der Waals surface area (Å²) >= 11 is 0. The van der Waals surface area contributed by atoms with Crippen LogP contribution >= 0.6 is 0 Å². The molecule has 1 unspecified atom stereocenters. The van der Waals surface area contributed by atoms with E-state index < -0.39 is 17.7 Å². The minimum atomic E-state index is -0.946. The third kappa shape index (κ3) is 11.8. The number of carbonyl (C=O) groups excluding carboxylic acids is 1. The van der Waals surface area contributed by atoms with Crippen LogP contribution in [0, 0.1) is 0 Å². The Labute approximate surface area is 187 Å². The highest BCUT2D eigenvalue weighted by atomic mass is 16.6. The number of benzene rings is 1. The van der Waals surface area contributed by atoms with Gasteiger partial charge in [0.15, 0.2) is 6.10 Å². The minimum Gasteiger partial charge on any atom is -0.479 e. The summed E-state index contributed by atoms with van der Waals surface area (Å²) in [7, 11) is 0. The number of carboxylic acids is 1. The Morgan fingerprint density at radius 1 is 0.968 bits per heavy atom. The number of hydrogen-bond acceptors (Lipinski definition) is 4. The predicted molar refractivity (Wildman–Crippen MR) is 123 cm³/mol. The van der Waals surface area contributed by atoms with Gasteiger partial charge in [-0.3, -0.25) is 0 Å². The molecule has 1 rings (SSSR count). The van der Waals surface area contributed by atoms with Crippen molar-refractivity contribution in [2.45, 2.75) is 91.3 Å². The van der Waals surface area contributed by atoms with Crippen molar-refractivity contribution in [2.24, 2.45) is 0 Å². The number of nitrogens with zero attached hydrogens (tertiary/aromatic N) is 1. The molecule has 1 aromatic carbocycles. The number of amides is 1. The molecular formula is C25H41NO5. The number of carbonyl (C=O) groups is 2. The zero-order valence-corrected chi connectivity index (χ0v) is 20.0. The van der Waals surface area contributed by atoms with Gasteiger partial charge in [-0.15, -0.1) is 0 Å². The summed E-state index contributed by atoms with van der Waals surface area (Å²) in [6, 6.07) is 7.86. The van der Waals surface area contributed by atoms with Gasteiger partial charge in [-0.25, -0.2) is 9.59 Å². The van der Waals surface area contributed by atoms with Crippen molar-refractivity contribution >= 4 is 12.1 Å². The Morgan fingerprint density at radius 2 is 1.58 bits per heavy atom. The topological polar surface area (TPSA) is 76.1 Å². The molecule has 0 aliphatic rings. The summed E-state index contributed by atoms with van der Waals surface area (Å²) in [5.74, 6) is -0.946. The predicted octanol–water partition coefficient (Wildman–Crippen LogP) is 5.47. The highest BCUT2D eigenvalue weighted by Gasteiger charge is 2.22. The third-order valence-electron chi connectivity index (χ3n) is 4.94. The van der Waals surface area contributed by atoms with Crippen molar-refractivity contribution in [3.8, 4) is 0 Å². The van der Waals surface area contributed by atoms with Crippen molar-refractivity contribution in [3.63, 3.8) is 0 Å². The molecule has 0 saturated heterocycles. The molecule has 0 fully saturated rings. The van der Waals surface area contributed by atoms with Gasteiger partial charge in [0.05, 0.1) is 0 Å². The molecule has 6 heteroatoms. The second-order valence-corrected chi connectivity index (χ2v) is 8.93. The second kappa shape index (κ2) is 14.1. The average Bonchev–Trinajstić information content (AvgIpc) is 2.69. The summed E-state index contributed by atoms with van der Waals surface area (Å²) in [4.78, 5) is 25.7. The first kappa shape index (κ1) is 27.0. The van der Waals surface area contributed by atoms with E-state index in [1.807, 2.05) is 45.0 Å². The van der Waals surface area contributed by atoms with Crippen LogP contribution in [0.2, 0.25) is 0 Å². The lowest BCUT2D eigenvalue weighted by Gasteiger charge is -2.27. The van der Waals surface area contributed by atoms with Crippen LogP contribution in [0.4, 0.5) is 4.79 Å². The molecular weight excluding hydrogens is 394 g/mol. The fourth-order valence-electron chi connectivity index (χ4n) is 3.27. The standard InChI is InChI=1S/C25H41NO5/c1-6-8-9-10-11-17-26(24(29)31-25(3,4)5)18-16-20-12-14-21(15-13-20)19-22(23(27)28)30-7-2/h12-15,22H,6-11,16-19H2,1-5H3,(H,27,28). The molecule has 0 radical (unpaired) electrons. The number of aliphatic carboxylic acids is 1. The van der Waals surface area contributed by atoms with E-state index in [9.17, 15) is 14.7 Å². The first-order valence-corrected chi connectivity index (χ1v) is 11.6. The van der Waals surface area contributed by atoms with Crippen molar-refractivity contribution < 1.29 is 24.2 Å². The van der Waals surface area contributed by atoms with Gasteiger partial charge in [-0.05, 0) is 51.7 Å². The van der Waals surface area contributed by atoms with Gasteiger partial charge >= 0.3 is 12.1 Å². The number of hydrogen-bond donors (Lipinski definition) is 1. The average molecular weight is 436 g/mol. The van der Waals surface area contributed by atoms with Gasteiger partial charge in [-0.1, -0.05) is 56.9 Å². The highest BCUT2D eigenvalue weighted by Crippen LogP contribution is 2.14. The van der Waals surface area contributed by atoms with Gasteiger partial charge in [0, 0.05) is 26.1 Å². The van der Waals surface area contributed by atoms with Gasteiger partial charge in [-0.2, -0.15) is 0 Å². The smallest absolute Gasteiger partial charge is 0.410 e.